The van der Waals surface area contributed by atoms with Gasteiger partial charge in [0, 0.05) is 17.3 Å². The Labute approximate surface area is 73.6 Å². The predicted octanol–water partition coefficient (Wildman–Crippen LogP) is 1.56. The molecule has 0 aliphatic heterocycles. The summed E-state index contributed by atoms with van der Waals surface area (Å²) in [4.78, 5) is 0. The lowest BCUT2D eigenvalue weighted by Crippen LogP contribution is -1.84. The van der Waals surface area contributed by atoms with Crippen LogP contribution >= 0.6 is 0 Å². The maximum absolute atomic E-state index is 5.44. The van der Waals surface area contributed by atoms with Gasteiger partial charge in [-0.3, -0.25) is 0 Å². The van der Waals surface area contributed by atoms with Crippen molar-refractivity contribution in [2.45, 2.75) is 13.8 Å². The van der Waals surface area contributed by atoms with Crippen LogP contribution in [0.15, 0.2) is 24.3 Å². The molecule has 0 aliphatic rings. The Bertz CT molecular complexity index is 264. The van der Waals surface area contributed by atoms with Crippen LogP contribution in [-0.2, 0) is 0 Å². The summed E-state index contributed by atoms with van der Waals surface area (Å²) < 4.78 is 0. The highest BCUT2D eigenvalue weighted by Gasteiger charge is 1.84. The second-order valence-electron chi connectivity index (χ2n) is 1.89. The second kappa shape index (κ2) is 6.11. The van der Waals surface area contributed by atoms with Gasteiger partial charge in [0.15, 0.2) is 0 Å². The zero-order valence-electron chi connectivity index (χ0n) is 7.46. The fourth-order valence-electron chi connectivity index (χ4n) is 0.650. The van der Waals surface area contributed by atoms with Crippen molar-refractivity contribution < 1.29 is 0 Å². The van der Waals surface area contributed by atoms with Gasteiger partial charge in [-0.1, -0.05) is 13.8 Å². The molecule has 1 rings (SSSR count). The molecule has 0 aromatic heterocycles. The molecule has 0 heterocycles. The Kier molecular flexibility index (Phi) is 5.29. The summed E-state index contributed by atoms with van der Waals surface area (Å²) in [5.41, 5.74) is 12.1. The molecule has 12 heavy (non-hydrogen) atoms. The van der Waals surface area contributed by atoms with Gasteiger partial charge in [-0.25, -0.2) is 0 Å². The van der Waals surface area contributed by atoms with Crippen molar-refractivity contribution in [3.05, 3.63) is 29.8 Å². The van der Waals surface area contributed by atoms with Crippen LogP contribution in [0.4, 0.5) is 5.69 Å². The van der Waals surface area contributed by atoms with Gasteiger partial charge in [-0.2, -0.15) is 0 Å². The van der Waals surface area contributed by atoms with Gasteiger partial charge in [-0.15, -0.1) is 0 Å². The van der Waals surface area contributed by atoms with Crippen LogP contribution in [0.5, 0.6) is 0 Å². The maximum atomic E-state index is 5.44. The predicted molar refractivity (Wildman–Crippen MR) is 53.3 cm³/mol. The number of hydrogen-bond donors (Lipinski definition) is 2. The molecule has 0 fully saturated rings. The molecule has 0 saturated carbocycles. The molecule has 0 amide bonds. The summed E-state index contributed by atoms with van der Waals surface area (Å²) in [5, 5.41) is 0. The Hall–Kier alpha value is -1.62. The molecular formula is C10H14N2. The van der Waals surface area contributed by atoms with Crippen molar-refractivity contribution in [3.8, 4) is 12.0 Å². The summed E-state index contributed by atoms with van der Waals surface area (Å²) in [6.07, 6.45) is 0. The summed E-state index contributed by atoms with van der Waals surface area (Å²) in [5.74, 6) is 2.71. The highest BCUT2D eigenvalue weighted by molar-refractivity contribution is 5.44. The summed E-state index contributed by atoms with van der Waals surface area (Å²) in [7, 11) is 0. The van der Waals surface area contributed by atoms with Crippen LogP contribution < -0.4 is 11.5 Å². The number of nitrogen functional groups attached to an aromatic ring is 1. The third-order valence-electron chi connectivity index (χ3n) is 1.13. The van der Waals surface area contributed by atoms with Crippen LogP contribution in [0, 0.1) is 12.0 Å². The van der Waals surface area contributed by atoms with Gasteiger partial charge in [0.25, 0.3) is 0 Å². The van der Waals surface area contributed by atoms with E-state index in [1.54, 1.807) is 12.1 Å². The molecule has 0 unspecified atom stereocenters. The van der Waals surface area contributed by atoms with Crippen LogP contribution in [0.1, 0.15) is 19.4 Å². The molecule has 2 nitrogen and oxygen atoms in total. The first-order valence-corrected chi connectivity index (χ1v) is 3.90. The van der Waals surface area contributed by atoms with Gasteiger partial charge in [0.2, 0.25) is 0 Å². The third kappa shape index (κ3) is 3.52. The molecule has 4 N–H and O–H groups in total. The molecule has 0 aliphatic carbocycles. The smallest absolute Gasteiger partial charge is 0.0314 e. The van der Waals surface area contributed by atoms with Gasteiger partial charge in [0.1, 0.15) is 0 Å². The molecule has 2 heteroatoms. The quantitative estimate of drug-likeness (QED) is 0.345. The van der Waals surface area contributed by atoms with Gasteiger partial charge in [-0.05, 0) is 30.2 Å². The van der Waals surface area contributed by atoms with E-state index in [1.807, 2.05) is 26.0 Å². The van der Waals surface area contributed by atoms with Crippen molar-refractivity contribution in [3.63, 3.8) is 0 Å². The fourth-order valence-corrected chi connectivity index (χ4v) is 0.650. The fraction of sp³-hybridized carbons (Fsp3) is 0.200. The van der Waals surface area contributed by atoms with Gasteiger partial charge in [0.05, 0.1) is 0 Å². The minimum Gasteiger partial charge on any atom is -0.399 e. The highest BCUT2D eigenvalue weighted by Crippen LogP contribution is 2.02. The zero-order valence-corrected chi connectivity index (χ0v) is 7.46. The Morgan fingerprint density at radius 1 is 1.08 bits per heavy atom. The van der Waals surface area contributed by atoms with E-state index in [4.69, 9.17) is 11.5 Å². The van der Waals surface area contributed by atoms with E-state index in [-0.39, 0.29) is 0 Å². The largest absolute Gasteiger partial charge is 0.399 e. The van der Waals surface area contributed by atoms with E-state index in [2.05, 4.69) is 12.0 Å². The number of rotatable bonds is 0. The molecular weight excluding hydrogens is 148 g/mol. The van der Waals surface area contributed by atoms with Gasteiger partial charge < -0.3 is 11.5 Å². The molecule has 0 radical (unpaired) electrons. The van der Waals surface area contributed by atoms with Crippen molar-refractivity contribution in [1.82, 2.24) is 0 Å². The number of benzene rings is 1. The molecule has 1 aromatic rings. The van der Waals surface area contributed by atoms with Crippen molar-refractivity contribution >= 4 is 5.69 Å². The van der Waals surface area contributed by atoms with Crippen LogP contribution in [0.2, 0.25) is 0 Å². The van der Waals surface area contributed by atoms with Crippen molar-refractivity contribution in [2.24, 2.45) is 5.73 Å². The highest BCUT2D eigenvalue weighted by atomic mass is 14.5. The Morgan fingerprint density at radius 2 is 1.58 bits per heavy atom. The molecule has 0 atom stereocenters. The first-order valence-electron chi connectivity index (χ1n) is 3.90. The SMILES string of the molecule is CC.NC#Cc1ccc(N)cc1. The first-order chi connectivity index (χ1) is 5.83. The third-order valence-corrected chi connectivity index (χ3v) is 1.13. The van der Waals surface area contributed by atoms with E-state index < -0.39 is 0 Å². The van der Waals surface area contributed by atoms with Crippen molar-refractivity contribution in [1.29, 1.82) is 0 Å². The van der Waals surface area contributed by atoms with E-state index >= 15 is 0 Å². The van der Waals surface area contributed by atoms with Crippen LogP contribution in [0.25, 0.3) is 0 Å². The van der Waals surface area contributed by atoms with Gasteiger partial charge >= 0.3 is 0 Å². The monoisotopic (exact) mass is 162 g/mol. The normalized spacial score (nSPS) is 7.17. The summed E-state index contributed by atoms with van der Waals surface area (Å²) >= 11 is 0. The molecule has 64 valence electrons. The van der Waals surface area contributed by atoms with E-state index in [0.29, 0.717) is 0 Å². The minimum absolute atomic E-state index is 0.738. The lowest BCUT2D eigenvalue weighted by atomic mass is 10.2. The lowest BCUT2D eigenvalue weighted by molar-refractivity contribution is 1.50. The topological polar surface area (TPSA) is 52.0 Å². The standard InChI is InChI=1S/C8H8N2.C2H6/c9-6-5-7-1-3-8(10)4-2-7;1-2/h1-4H,9-10H2;1-2H3. The number of anilines is 1. The average Bonchev–Trinajstić information content (AvgIpc) is 2.13. The lowest BCUT2D eigenvalue weighted by Gasteiger charge is -1.90. The molecule has 0 spiro atoms. The Morgan fingerprint density at radius 3 is 2.00 bits per heavy atom. The van der Waals surface area contributed by atoms with E-state index in [0.717, 1.165) is 11.3 Å². The Balaban J connectivity index is 0.000000561. The molecule has 0 bridgehead atoms. The van der Waals surface area contributed by atoms with Crippen LogP contribution in [-0.4, -0.2) is 0 Å². The molecule has 1 aromatic carbocycles. The van der Waals surface area contributed by atoms with Crippen molar-refractivity contribution in [2.75, 3.05) is 5.73 Å². The maximum Gasteiger partial charge on any atom is 0.0314 e. The second-order valence-corrected chi connectivity index (χ2v) is 1.89. The zero-order chi connectivity index (χ0) is 9.40. The number of nitrogens with two attached hydrogens (primary N) is 2. The number of hydrogen-bond acceptors (Lipinski definition) is 2. The molecule has 0 saturated heterocycles. The van der Waals surface area contributed by atoms with E-state index in [9.17, 15) is 0 Å². The average molecular weight is 162 g/mol. The van der Waals surface area contributed by atoms with Crippen LogP contribution in [0.3, 0.4) is 0 Å². The first kappa shape index (κ1) is 10.4. The summed E-state index contributed by atoms with van der Waals surface area (Å²) in [6, 6.07) is 9.55. The minimum atomic E-state index is 0.738. The van der Waals surface area contributed by atoms with E-state index in [1.165, 1.54) is 0 Å². The summed E-state index contributed by atoms with van der Waals surface area (Å²) in [6.45, 7) is 4.00.